The second-order valence-electron chi connectivity index (χ2n) is 6.05. The van der Waals surface area contributed by atoms with Crippen LogP contribution >= 0.6 is 0 Å². The largest absolute Gasteiger partial charge is 0.379 e. The van der Waals surface area contributed by atoms with Crippen LogP contribution in [0, 0.1) is 6.92 Å². The van der Waals surface area contributed by atoms with Crippen molar-refractivity contribution in [1.29, 1.82) is 0 Å². The Labute approximate surface area is 122 Å². The van der Waals surface area contributed by atoms with Gasteiger partial charge in [-0.05, 0) is 49.5 Å². The molecule has 2 aliphatic heterocycles. The molecule has 3 nitrogen and oxygen atoms in total. The van der Waals surface area contributed by atoms with Crippen molar-refractivity contribution in [3.05, 3.63) is 34.9 Å². The topological polar surface area (TPSA) is 15.7 Å². The van der Waals surface area contributed by atoms with Crippen LogP contribution in [0.25, 0.3) is 0 Å². The van der Waals surface area contributed by atoms with Gasteiger partial charge in [0.25, 0.3) is 0 Å². The first-order valence-electron chi connectivity index (χ1n) is 7.93. The monoisotopic (exact) mass is 274 g/mol. The highest BCUT2D eigenvalue weighted by molar-refractivity contribution is 5.36. The van der Waals surface area contributed by atoms with Crippen molar-refractivity contribution < 1.29 is 4.74 Å². The number of aryl methyl sites for hydroxylation is 1. The van der Waals surface area contributed by atoms with Crippen molar-refractivity contribution in [2.75, 3.05) is 45.9 Å². The molecule has 1 aromatic rings. The van der Waals surface area contributed by atoms with Crippen LogP contribution in [0.15, 0.2) is 18.2 Å². The Kier molecular flexibility index (Phi) is 4.71. The molecule has 2 aliphatic rings. The summed E-state index contributed by atoms with van der Waals surface area (Å²) in [6.07, 6.45) is 2.50. The zero-order chi connectivity index (χ0) is 13.8. The lowest BCUT2D eigenvalue weighted by atomic mass is 9.95. The van der Waals surface area contributed by atoms with E-state index < -0.39 is 0 Å². The molecular weight excluding hydrogens is 248 g/mol. The first-order valence-corrected chi connectivity index (χ1v) is 7.93. The predicted octanol–water partition coefficient (Wildman–Crippen LogP) is 2.08. The Morgan fingerprint density at radius 2 is 1.85 bits per heavy atom. The highest BCUT2D eigenvalue weighted by Gasteiger charge is 2.17. The predicted molar refractivity (Wildman–Crippen MR) is 82.0 cm³/mol. The number of nitrogens with zero attached hydrogens (tertiary/aromatic N) is 2. The van der Waals surface area contributed by atoms with Gasteiger partial charge in [-0.1, -0.05) is 18.2 Å². The maximum atomic E-state index is 5.39. The molecule has 2 heterocycles. The normalized spacial score (nSPS) is 20.9. The third-order valence-corrected chi connectivity index (χ3v) is 4.63. The fourth-order valence-corrected chi connectivity index (χ4v) is 3.39. The van der Waals surface area contributed by atoms with Crippen molar-refractivity contribution >= 4 is 0 Å². The fraction of sp³-hybridized carbons (Fsp3) is 0.647. The van der Waals surface area contributed by atoms with Gasteiger partial charge in [-0.25, -0.2) is 0 Å². The molecule has 3 rings (SSSR count). The second kappa shape index (κ2) is 6.70. The molecule has 0 unspecified atom stereocenters. The molecule has 0 aliphatic carbocycles. The van der Waals surface area contributed by atoms with Gasteiger partial charge in [0.15, 0.2) is 0 Å². The van der Waals surface area contributed by atoms with Gasteiger partial charge in [0, 0.05) is 26.2 Å². The molecule has 0 atom stereocenters. The molecule has 0 spiro atoms. The molecule has 110 valence electrons. The number of fused-ring (bicyclic) bond motifs is 1. The molecule has 0 bridgehead atoms. The zero-order valence-corrected chi connectivity index (χ0v) is 12.6. The minimum atomic E-state index is 0.913. The van der Waals surface area contributed by atoms with Crippen molar-refractivity contribution in [1.82, 2.24) is 9.80 Å². The summed E-state index contributed by atoms with van der Waals surface area (Å²) in [5.41, 5.74) is 4.61. The van der Waals surface area contributed by atoms with E-state index in [2.05, 4.69) is 34.9 Å². The summed E-state index contributed by atoms with van der Waals surface area (Å²) < 4.78 is 5.39. The Balaban J connectivity index is 1.46. The Hall–Kier alpha value is -0.900. The number of hydrogen-bond donors (Lipinski definition) is 0. The van der Waals surface area contributed by atoms with Gasteiger partial charge < -0.3 is 4.74 Å². The third kappa shape index (κ3) is 3.40. The standard InChI is InChI=1S/C17H26N2O/c1-15-4-2-5-16-14-19(9-6-17(15)16)8-3-7-18-10-12-20-13-11-18/h2,4-5H,3,6-14H2,1H3. The van der Waals surface area contributed by atoms with Gasteiger partial charge in [0.2, 0.25) is 0 Å². The number of benzene rings is 1. The van der Waals surface area contributed by atoms with E-state index in [1.165, 1.54) is 38.0 Å². The molecule has 3 heteroatoms. The lowest BCUT2D eigenvalue weighted by molar-refractivity contribution is 0.0359. The summed E-state index contributed by atoms with van der Waals surface area (Å²) >= 11 is 0. The molecule has 1 fully saturated rings. The third-order valence-electron chi connectivity index (χ3n) is 4.63. The molecule has 0 aromatic heterocycles. The summed E-state index contributed by atoms with van der Waals surface area (Å²) in [6.45, 7) is 11.1. The van der Waals surface area contributed by atoms with E-state index in [-0.39, 0.29) is 0 Å². The number of hydrogen-bond acceptors (Lipinski definition) is 3. The van der Waals surface area contributed by atoms with Crippen molar-refractivity contribution in [2.45, 2.75) is 26.3 Å². The molecule has 0 radical (unpaired) electrons. The highest BCUT2D eigenvalue weighted by atomic mass is 16.5. The Morgan fingerprint density at radius 1 is 1.05 bits per heavy atom. The van der Waals surface area contributed by atoms with Crippen LogP contribution in [0.3, 0.4) is 0 Å². The van der Waals surface area contributed by atoms with Gasteiger partial charge in [-0.15, -0.1) is 0 Å². The van der Waals surface area contributed by atoms with E-state index in [0.29, 0.717) is 0 Å². The first-order chi connectivity index (χ1) is 9.83. The van der Waals surface area contributed by atoms with Crippen molar-refractivity contribution in [3.8, 4) is 0 Å². The lowest BCUT2D eigenvalue weighted by Gasteiger charge is -2.31. The van der Waals surface area contributed by atoms with E-state index in [4.69, 9.17) is 4.74 Å². The van der Waals surface area contributed by atoms with Crippen LogP contribution in [-0.4, -0.2) is 55.7 Å². The van der Waals surface area contributed by atoms with Gasteiger partial charge >= 0.3 is 0 Å². The molecule has 0 N–H and O–H groups in total. The van der Waals surface area contributed by atoms with Gasteiger partial charge in [-0.3, -0.25) is 9.80 Å². The van der Waals surface area contributed by atoms with E-state index in [1.54, 1.807) is 11.1 Å². The Morgan fingerprint density at radius 3 is 2.70 bits per heavy atom. The van der Waals surface area contributed by atoms with Crippen LogP contribution < -0.4 is 0 Å². The second-order valence-corrected chi connectivity index (χ2v) is 6.05. The average Bonchev–Trinajstić information content (AvgIpc) is 2.48. The first kappa shape index (κ1) is 14.1. The minimum absolute atomic E-state index is 0.913. The van der Waals surface area contributed by atoms with Crippen LogP contribution in [-0.2, 0) is 17.7 Å². The highest BCUT2D eigenvalue weighted by Crippen LogP contribution is 2.22. The number of morpholine rings is 1. The van der Waals surface area contributed by atoms with Crippen molar-refractivity contribution in [3.63, 3.8) is 0 Å². The minimum Gasteiger partial charge on any atom is -0.379 e. The summed E-state index contributed by atoms with van der Waals surface area (Å²) in [5.74, 6) is 0. The van der Waals surface area contributed by atoms with Crippen molar-refractivity contribution in [2.24, 2.45) is 0 Å². The number of ether oxygens (including phenoxy) is 1. The molecule has 0 saturated carbocycles. The molecule has 1 aromatic carbocycles. The van der Waals surface area contributed by atoms with E-state index in [0.717, 1.165) is 32.8 Å². The molecule has 1 saturated heterocycles. The van der Waals surface area contributed by atoms with E-state index in [9.17, 15) is 0 Å². The average molecular weight is 274 g/mol. The molecule has 20 heavy (non-hydrogen) atoms. The van der Waals surface area contributed by atoms with Crippen LogP contribution in [0.1, 0.15) is 23.1 Å². The van der Waals surface area contributed by atoms with Crippen LogP contribution in [0.4, 0.5) is 0 Å². The van der Waals surface area contributed by atoms with Gasteiger partial charge in [0.1, 0.15) is 0 Å². The van der Waals surface area contributed by atoms with Gasteiger partial charge in [-0.2, -0.15) is 0 Å². The zero-order valence-electron chi connectivity index (χ0n) is 12.6. The number of rotatable bonds is 4. The van der Waals surface area contributed by atoms with Crippen LogP contribution in [0.2, 0.25) is 0 Å². The summed E-state index contributed by atoms with van der Waals surface area (Å²) in [7, 11) is 0. The van der Waals surface area contributed by atoms with Gasteiger partial charge in [0.05, 0.1) is 13.2 Å². The molecule has 0 amide bonds. The lowest BCUT2D eigenvalue weighted by Crippen LogP contribution is -2.39. The SMILES string of the molecule is Cc1cccc2c1CCN(CCCN1CCOCC1)C2. The smallest absolute Gasteiger partial charge is 0.0594 e. The summed E-state index contributed by atoms with van der Waals surface area (Å²) in [5, 5.41) is 0. The summed E-state index contributed by atoms with van der Waals surface area (Å²) in [4.78, 5) is 5.15. The van der Waals surface area contributed by atoms with Crippen LogP contribution in [0.5, 0.6) is 0 Å². The maximum Gasteiger partial charge on any atom is 0.0594 e. The van der Waals surface area contributed by atoms with E-state index in [1.807, 2.05) is 0 Å². The molecular formula is C17H26N2O. The van der Waals surface area contributed by atoms with E-state index >= 15 is 0 Å². The fourth-order valence-electron chi connectivity index (χ4n) is 3.39. The maximum absolute atomic E-state index is 5.39. The summed E-state index contributed by atoms with van der Waals surface area (Å²) in [6, 6.07) is 6.74. The quantitative estimate of drug-likeness (QED) is 0.836. The Bertz CT molecular complexity index is 441.